The zero-order valence-electron chi connectivity index (χ0n) is 9.92. The van der Waals surface area contributed by atoms with E-state index >= 15 is 0 Å². The van der Waals surface area contributed by atoms with Gasteiger partial charge in [-0.05, 0) is 25.0 Å². The molecule has 1 saturated heterocycles. The second-order valence-electron chi connectivity index (χ2n) is 4.20. The van der Waals surface area contributed by atoms with Gasteiger partial charge in [0.1, 0.15) is 0 Å². The number of alkyl halides is 1. The molecule has 0 aromatic rings. The molecular weight excluding hydrogens is 286 g/mol. The lowest BCUT2D eigenvalue weighted by Crippen LogP contribution is -2.26. The molecule has 0 N–H and O–H groups in total. The van der Waals surface area contributed by atoms with Crippen LogP contribution in [0.2, 0.25) is 0 Å². The Labute approximate surface area is 112 Å². The van der Waals surface area contributed by atoms with Gasteiger partial charge in [0.05, 0.1) is 0 Å². The van der Waals surface area contributed by atoms with Crippen molar-refractivity contribution in [1.29, 1.82) is 0 Å². The van der Waals surface area contributed by atoms with Crippen LogP contribution in [0.4, 0.5) is 0 Å². The third kappa shape index (κ3) is 6.14. The van der Waals surface area contributed by atoms with Crippen molar-refractivity contribution >= 4 is 33.6 Å². The highest BCUT2D eigenvalue weighted by molar-refractivity contribution is 9.09. The monoisotopic (exact) mass is 307 g/mol. The number of amides is 1. The topological polar surface area (TPSA) is 20.3 Å². The molecule has 0 unspecified atom stereocenters. The lowest BCUT2D eigenvalue weighted by Gasteiger charge is -2.14. The molecule has 0 saturated carbocycles. The fourth-order valence-electron chi connectivity index (χ4n) is 1.87. The van der Waals surface area contributed by atoms with Gasteiger partial charge in [0.25, 0.3) is 0 Å². The minimum Gasteiger partial charge on any atom is -0.342 e. The second kappa shape index (κ2) is 9.34. The summed E-state index contributed by atoms with van der Waals surface area (Å²) in [7, 11) is 0. The van der Waals surface area contributed by atoms with Crippen molar-refractivity contribution in [1.82, 2.24) is 4.90 Å². The van der Waals surface area contributed by atoms with Gasteiger partial charge < -0.3 is 4.90 Å². The van der Waals surface area contributed by atoms with Gasteiger partial charge in [-0.15, -0.1) is 0 Å². The average molecular weight is 308 g/mol. The van der Waals surface area contributed by atoms with E-state index in [0.717, 1.165) is 37.0 Å². The fourth-order valence-corrected chi connectivity index (χ4v) is 3.23. The van der Waals surface area contributed by atoms with Crippen LogP contribution >= 0.6 is 27.7 Å². The third-order valence-corrected chi connectivity index (χ3v) is 4.46. The van der Waals surface area contributed by atoms with E-state index in [0.29, 0.717) is 5.91 Å². The zero-order chi connectivity index (χ0) is 11.6. The Morgan fingerprint density at radius 2 is 2.00 bits per heavy atom. The first-order valence-corrected chi connectivity index (χ1v) is 8.53. The molecule has 1 amide bonds. The number of thioether (sulfide) groups is 1. The van der Waals surface area contributed by atoms with Crippen molar-refractivity contribution < 1.29 is 4.79 Å². The fraction of sp³-hybridized carbons (Fsp3) is 0.917. The Hall–Kier alpha value is 0.300. The summed E-state index contributed by atoms with van der Waals surface area (Å²) < 4.78 is 0. The molecule has 0 spiro atoms. The smallest absolute Gasteiger partial charge is 0.222 e. The molecule has 0 aromatic heterocycles. The van der Waals surface area contributed by atoms with Crippen molar-refractivity contribution in [3.63, 3.8) is 0 Å². The van der Waals surface area contributed by atoms with Gasteiger partial charge in [-0.3, -0.25) is 4.79 Å². The van der Waals surface area contributed by atoms with Crippen LogP contribution in [0, 0.1) is 0 Å². The van der Waals surface area contributed by atoms with E-state index < -0.39 is 0 Å². The summed E-state index contributed by atoms with van der Waals surface area (Å²) in [5.74, 6) is 2.73. The summed E-state index contributed by atoms with van der Waals surface area (Å²) in [6.45, 7) is 1.95. The van der Waals surface area contributed by atoms with E-state index in [-0.39, 0.29) is 0 Å². The molecule has 1 fully saturated rings. The molecule has 0 bridgehead atoms. The highest BCUT2D eigenvalue weighted by Gasteiger charge is 2.18. The Morgan fingerprint density at radius 1 is 1.19 bits per heavy atom. The average Bonchev–Trinajstić information content (AvgIpc) is 2.68. The molecule has 94 valence electrons. The predicted molar refractivity (Wildman–Crippen MR) is 75.4 cm³/mol. The molecule has 0 radical (unpaired) electrons. The SMILES string of the molecule is O=C1CCCN1CCSCCCCCCBr. The maximum absolute atomic E-state index is 11.3. The summed E-state index contributed by atoms with van der Waals surface area (Å²) in [5, 5.41) is 1.14. The maximum Gasteiger partial charge on any atom is 0.222 e. The van der Waals surface area contributed by atoms with Crippen LogP contribution in [0.3, 0.4) is 0 Å². The summed E-state index contributed by atoms with van der Waals surface area (Å²) >= 11 is 5.44. The van der Waals surface area contributed by atoms with Crippen LogP contribution in [-0.4, -0.2) is 40.7 Å². The quantitative estimate of drug-likeness (QED) is 0.481. The molecule has 0 atom stereocenters. The van der Waals surface area contributed by atoms with Crippen LogP contribution in [-0.2, 0) is 4.79 Å². The van der Waals surface area contributed by atoms with E-state index in [2.05, 4.69) is 15.9 Å². The van der Waals surface area contributed by atoms with E-state index in [4.69, 9.17) is 0 Å². The van der Waals surface area contributed by atoms with Gasteiger partial charge in [0.2, 0.25) is 5.91 Å². The summed E-state index contributed by atoms with van der Waals surface area (Å²) in [4.78, 5) is 13.3. The molecule has 16 heavy (non-hydrogen) atoms. The minimum atomic E-state index is 0.359. The highest BCUT2D eigenvalue weighted by Crippen LogP contribution is 2.12. The van der Waals surface area contributed by atoms with Crippen LogP contribution in [0.15, 0.2) is 0 Å². The van der Waals surface area contributed by atoms with Crippen LogP contribution in [0.1, 0.15) is 38.5 Å². The minimum absolute atomic E-state index is 0.359. The standard InChI is InChI=1S/C12H22BrNOS/c13-7-3-1-2-4-10-16-11-9-14-8-5-6-12(14)15/h1-11H2. The van der Waals surface area contributed by atoms with E-state index in [1.165, 1.54) is 31.4 Å². The molecule has 2 nitrogen and oxygen atoms in total. The van der Waals surface area contributed by atoms with Crippen molar-refractivity contribution in [3.05, 3.63) is 0 Å². The lowest BCUT2D eigenvalue weighted by atomic mass is 10.2. The molecular formula is C12H22BrNOS. The van der Waals surface area contributed by atoms with Gasteiger partial charge in [-0.25, -0.2) is 0 Å². The van der Waals surface area contributed by atoms with E-state index in [1.807, 2.05) is 16.7 Å². The van der Waals surface area contributed by atoms with E-state index in [9.17, 15) is 4.79 Å². The van der Waals surface area contributed by atoms with Crippen molar-refractivity contribution in [2.45, 2.75) is 38.5 Å². The Kier molecular flexibility index (Phi) is 8.39. The van der Waals surface area contributed by atoms with Crippen molar-refractivity contribution in [2.24, 2.45) is 0 Å². The molecule has 0 aromatic carbocycles. The van der Waals surface area contributed by atoms with Crippen LogP contribution < -0.4 is 0 Å². The number of unbranched alkanes of at least 4 members (excludes halogenated alkanes) is 3. The van der Waals surface area contributed by atoms with Gasteiger partial charge in [0, 0.05) is 30.6 Å². The Bertz CT molecular complexity index is 201. The lowest BCUT2D eigenvalue weighted by molar-refractivity contribution is -0.127. The molecule has 1 rings (SSSR count). The normalized spacial score (nSPS) is 16.1. The Balaban J connectivity index is 1.83. The third-order valence-electron chi connectivity index (χ3n) is 2.85. The van der Waals surface area contributed by atoms with E-state index in [1.54, 1.807) is 0 Å². The molecule has 1 aliphatic heterocycles. The number of hydrogen-bond acceptors (Lipinski definition) is 2. The predicted octanol–water partition coefficient (Wildman–Crippen LogP) is 3.30. The van der Waals surface area contributed by atoms with Crippen molar-refractivity contribution in [3.8, 4) is 0 Å². The molecule has 4 heteroatoms. The number of likely N-dealkylation sites (tertiary alicyclic amines) is 1. The van der Waals surface area contributed by atoms with Crippen molar-refractivity contribution in [2.75, 3.05) is 29.9 Å². The number of hydrogen-bond donors (Lipinski definition) is 0. The molecule has 1 heterocycles. The number of halogens is 1. The first-order chi connectivity index (χ1) is 7.84. The van der Waals surface area contributed by atoms with Gasteiger partial charge >= 0.3 is 0 Å². The summed E-state index contributed by atoms with van der Waals surface area (Å²) in [6, 6.07) is 0. The highest BCUT2D eigenvalue weighted by atomic mass is 79.9. The zero-order valence-corrected chi connectivity index (χ0v) is 12.3. The van der Waals surface area contributed by atoms with Crippen LogP contribution in [0.25, 0.3) is 0 Å². The Morgan fingerprint density at radius 3 is 2.69 bits per heavy atom. The largest absolute Gasteiger partial charge is 0.342 e. The first-order valence-electron chi connectivity index (χ1n) is 6.26. The second-order valence-corrected chi connectivity index (χ2v) is 6.22. The number of rotatable bonds is 9. The number of carbonyl (C=O) groups excluding carboxylic acids is 1. The number of nitrogens with zero attached hydrogens (tertiary/aromatic N) is 1. The summed E-state index contributed by atoms with van der Waals surface area (Å²) in [5.41, 5.74) is 0. The summed E-state index contributed by atoms with van der Waals surface area (Å²) in [6.07, 6.45) is 7.16. The maximum atomic E-state index is 11.3. The van der Waals surface area contributed by atoms with Gasteiger partial charge in [-0.2, -0.15) is 11.8 Å². The van der Waals surface area contributed by atoms with Gasteiger partial charge in [-0.1, -0.05) is 28.8 Å². The van der Waals surface area contributed by atoms with Crippen LogP contribution in [0.5, 0.6) is 0 Å². The first kappa shape index (κ1) is 14.4. The number of carbonyl (C=O) groups is 1. The van der Waals surface area contributed by atoms with Gasteiger partial charge in [0.15, 0.2) is 0 Å². The molecule has 0 aliphatic carbocycles. The molecule has 1 aliphatic rings.